The average molecular weight is 336 g/mol. The monoisotopic (exact) mass is 336 g/mol. The van der Waals surface area contributed by atoms with Gasteiger partial charge in [0, 0.05) is 6.20 Å². The van der Waals surface area contributed by atoms with Crippen molar-refractivity contribution in [3.05, 3.63) is 45.6 Å². The van der Waals surface area contributed by atoms with Crippen molar-refractivity contribution in [3.8, 4) is 11.9 Å². The third kappa shape index (κ3) is 4.18. The summed E-state index contributed by atoms with van der Waals surface area (Å²) in [5.74, 6) is -2.00. The molecule has 0 unspecified atom stereocenters. The molecule has 2 aromatic rings. The number of hydrogen-bond donors (Lipinski definition) is 0. The number of aromatic nitrogens is 3. The van der Waals surface area contributed by atoms with Crippen molar-refractivity contribution in [3.63, 3.8) is 0 Å². The third-order valence-electron chi connectivity index (χ3n) is 2.81. The van der Waals surface area contributed by atoms with E-state index in [1.807, 2.05) is 0 Å². The Morgan fingerprint density at radius 2 is 2.12 bits per heavy atom. The van der Waals surface area contributed by atoms with Crippen LogP contribution in [0.3, 0.4) is 0 Å². The minimum atomic E-state index is -0.813. The summed E-state index contributed by atoms with van der Waals surface area (Å²) in [6.07, 6.45) is 0.916. The molecule has 24 heavy (non-hydrogen) atoms. The molecule has 2 heterocycles. The molecule has 0 atom stereocenters. The lowest BCUT2D eigenvalue weighted by Gasteiger charge is -2.08. The number of esters is 1. The van der Waals surface area contributed by atoms with Gasteiger partial charge in [0.05, 0.1) is 18.0 Å². The van der Waals surface area contributed by atoms with E-state index in [9.17, 15) is 19.3 Å². The van der Waals surface area contributed by atoms with E-state index in [-0.39, 0.29) is 24.7 Å². The normalized spacial score (nSPS) is 10.3. The van der Waals surface area contributed by atoms with Gasteiger partial charge >= 0.3 is 23.5 Å². The van der Waals surface area contributed by atoms with Crippen molar-refractivity contribution < 1.29 is 23.6 Å². The molecule has 9 nitrogen and oxygen atoms in total. The highest BCUT2D eigenvalue weighted by Gasteiger charge is 2.26. The SMILES string of the molecule is CCOc1nc(C)c([N+](=O)[O-])c(OC(=O)Cc2ccc(F)nc2)n1. The Kier molecular flexibility index (Phi) is 5.30. The molecule has 0 aliphatic heterocycles. The molecule has 0 spiro atoms. The van der Waals surface area contributed by atoms with Gasteiger partial charge in [-0.25, -0.2) is 4.98 Å². The van der Waals surface area contributed by atoms with Crippen molar-refractivity contribution in [2.75, 3.05) is 6.61 Å². The Hall–Kier alpha value is -3.17. The fourth-order valence-corrected chi connectivity index (χ4v) is 1.81. The molecule has 0 amide bonds. The van der Waals surface area contributed by atoms with Crippen LogP contribution in [0.25, 0.3) is 0 Å². The number of carbonyl (C=O) groups excluding carboxylic acids is 1. The molecule has 0 saturated carbocycles. The van der Waals surface area contributed by atoms with E-state index in [2.05, 4.69) is 15.0 Å². The lowest BCUT2D eigenvalue weighted by Crippen LogP contribution is -2.15. The summed E-state index contributed by atoms with van der Waals surface area (Å²) in [6.45, 7) is 3.31. The van der Waals surface area contributed by atoms with Gasteiger partial charge in [-0.2, -0.15) is 14.4 Å². The van der Waals surface area contributed by atoms with Gasteiger partial charge in [0.1, 0.15) is 5.69 Å². The van der Waals surface area contributed by atoms with Crippen LogP contribution in [0, 0.1) is 23.0 Å². The molecule has 126 valence electrons. The van der Waals surface area contributed by atoms with Crippen LogP contribution in [0.15, 0.2) is 18.3 Å². The van der Waals surface area contributed by atoms with Crippen LogP contribution in [0.1, 0.15) is 18.2 Å². The Labute approximate surface area is 135 Å². The minimum Gasteiger partial charge on any atom is -0.464 e. The van der Waals surface area contributed by atoms with E-state index in [4.69, 9.17) is 9.47 Å². The standard InChI is InChI=1S/C14H13FN4O5/c1-3-23-14-17-8(2)12(19(21)22)13(18-14)24-11(20)6-9-4-5-10(15)16-7-9/h4-5,7H,3,6H2,1-2H3. The molecule has 0 aliphatic rings. The number of nitro groups is 1. The second kappa shape index (κ2) is 7.40. The van der Waals surface area contributed by atoms with Crippen LogP contribution in [0.5, 0.6) is 11.9 Å². The Balaban J connectivity index is 2.24. The molecule has 0 N–H and O–H groups in total. The molecule has 0 aliphatic carbocycles. The second-order valence-corrected chi connectivity index (χ2v) is 4.58. The second-order valence-electron chi connectivity index (χ2n) is 4.58. The van der Waals surface area contributed by atoms with Crippen molar-refractivity contribution in [1.29, 1.82) is 0 Å². The van der Waals surface area contributed by atoms with Crippen LogP contribution in [-0.4, -0.2) is 32.5 Å². The number of ether oxygens (including phenoxy) is 2. The smallest absolute Gasteiger partial charge is 0.352 e. The predicted molar refractivity (Wildman–Crippen MR) is 78.1 cm³/mol. The van der Waals surface area contributed by atoms with E-state index in [0.29, 0.717) is 5.56 Å². The summed E-state index contributed by atoms with van der Waals surface area (Å²) in [5, 5.41) is 11.1. The summed E-state index contributed by atoms with van der Waals surface area (Å²) < 4.78 is 22.8. The summed E-state index contributed by atoms with van der Waals surface area (Å²) >= 11 is 0. The number of hydrogen-bond acceptors (Lipinski definition) is 8. The average Bonchev–Trinajstić information content (AvgIpc) is 2.49. The van der Waals surface area contributed by atoms with Gasteiger partial charge in [0.25, 0.3) is 0 Å². The first kappa shape index (κ1) is 17.2. The quantitative estimate of drug-likeness (QED) is 0.339. The molecular weight excluding hydrogens is 323 g/mol. The fourth-order valence-electron chi connectivity index (χ4n) is 1.81. The predicted octanol–water partition coefficient (Wildman–Crippen LogP) is 1.77. The first-order chi connectivity index (χ1) is 11.4. The number of carbonyl (C=O) groups is 1. The fraction of sp³-hybridized carbons (Fsp3) is 0.286. The summed E-state index contributed by atoms with van der Waals surface area (Å²) in [5.41, 5.74) is -0.131. The molecule has 0 radical (unpaired) electrons. The highest BCUT2D eigenvalue weighted by Crippen LogP contribution is 2.29. The van der Waals surface area contributed by atoms with Crippen LogP contribution >= 0.6 is 0 Å². The molecule has 2 rings (SSSR count). The van der Waals surface area contributed by atoms with Gasteiger partial charge in [-0.15, -0.1) is 0 Å². The lowest BCUT2D eigenvalue weighted by molar-refractivity contribution is -0.387. The number of nitrogens with zero attached hydrogens (tertiary/aromatic N) is 4. The number of aryl methyl sites for hydroxylation is 1. The van der Waals surface area contributed by atoms with Gasteiger partial charge < -0.3 is 9.47 Å². The Bertz CT molecular complexity index is 767. The molecule has 0 aromatic carbocycles. The highest BCUT2D eigenvalue weighted by molar-refractivity contribution is 5.75. The van der Waals surface area contributed by atoms with Gasteiger partial charge in [0.15, 0.2) is 0 Å². The third-order valence-corrected chi connectivity index (χ3v) is 2.81. The first-order valence-electron chi connectivity index (χ1n) is 6.87. The van der Waals surface area contributed by atoms with Crippen molar-refractivity contribution >= 4 is 11.7 Å². The summed E-state index contributed by atoms with van der Waals surface area (Å²) in [4.78, 5) is 33.3. The van der Waals surface area contributed by atoms with Crippen molar-refractivity contribution in [2.45, 2.75) is 20.3 Å². The van der Waals surface area contributed by atoms with E-state index >= 15 is 0 Å². The molecular formula is C14H13FN4O5. The van der Waals surface area contributed by atoms with Gasteiger partial charge in [-0.3, -0.25) is 14.9 Å². The summed E-state index contributed by atoms with van der Waals surface area (Å²) in [6, 6.07) is 2.31. The maximum absolute atomic E-state index is 12.7. The molecule has 0 saturated heterocycles. The zero-order valence-corrected chi connectivity index (χ0v) is 12.9. The topological polar surface area (TPSA) is 117 Å². The maximum atomic E-state index is 12.7. The number of halogens is 1. The lowest BCUT2D eigenvalue weighted by atomic mass is 10.2. The molecule has 10 heteroatoms. The Morgan fingerprint density at radius 3 is 2.71 bits per heavy atom. The van der Waals surface area contributed by atoms with Gasteiger partial charge in [0.2, 0.25) is 5.95 Å². The summed E-state index contributed by atoms with van der Waals surface area (Å²) in [7, 11) is 0. The number of rotatable bonds is 6. The molecule has 0 bridgehead atoms. The Morgan fingerprint density at radius 1 is 1.38 bits per heavy atom. The first-order valence-corrected chi connectivity index (χ1v) is 6.87. The molecule has 0 fully saturated rings. The van der Waals surface area contributed by atoms with Crippen LogP contribution in [-0.2, 0) is 11.2 Å². The van der Waals surface area contributed by atoms with Crippen molar-refractivity contribution in [1.82, 2.24) is 15.0 Å². The van der Waals surface area contributed by atoms with Gasteiger partial charge in [-0.1, -0.05) is 6.07 Å². The van der Waals surface area contributed by atoms with E-state index in [0.717, 1.165) is 6.07 Å². The minimum absolute atomic E-state index is 0.00435. The van der Waals surface area contributed by atoms with E-state index in [1.165, 1.54) is 19.2 Å². The highest BCUT2D eigenvalue weighted by atomic mass is 19.1. The van der Waals surface area contributed by atoms with E-state index < -0.39 is 28.4 Å². The van der Waals surface area contributed by atoms with E-state index in [1.54, 1.807) is 6.92 Å². The largest absolute Gasteiger partial charge is 0.464 e. The zero-order chi connectivity index (χ0) is 17.7. The molecule has 2 aromatic heterocycles. The van der Waals surface area contributed by atoms with Crippen molar-refractivity contribution in [2.24, 2.45) is 0 Å². The maximum Gasteiger partial charge on any atom is 0.352 e. The zero-order valence-electron chi connectivity index (χ0n) is 12.9. The van der Waals surface area contributed by atoms with Crippen LogP contribution in [0.4, 0.5) is 10.1 Å². The van der Waals surface area contributed by atoms with Crippen LogP contribution in [0.2, 0.25) is 0 Å². The van der Waals surface area contributed by atoms with Gasteiger partial charge in [-0.05, 0) is 25.5 Å². The van der Waals surface area contributed by atoms with Crippen LogP contribution < -0.4 is 9.47 Å². The number of pyridine rings is 1.